The summed E-state index contributed by atoms with van der Waals surface area (Å²) in [4.78, 5) is 11.8. The number of hydrogen-bond donors (Lipinski definition) is 0. The number of hydrogen-bond acceptors (Lipinski definition) is 2. The van der Waals surface area contributed by atoms with Crippen LogP contribution < -0.4 is 0 Å². The predicted molar refractivity (Wildman–Crippen MR) is 142 cm³/mol. The third-order valence-electron chi connectivity index (χ3n) is 6.67. The minimum atomic E-state index is 0.0223. The molecule has 0 aromatic rings. The average Bonchev–Trinajstić information content (AvgIpc) is 2.77. The zero-order valence-electron chi connectivity index (χ0n) is 22.6. The molecule has 2 heteroatoms. The van der Waals surface area contributed by atoms with Crippen molar-refractivity contribution in [3.63, 3.8) is 0 Å². The molecule has 192 valence electrons. The molecule has 0 unspecified atom stereocenters. The maximum absolute atomic E-state index is 11.8. The molecule has 0 spiro atoms. The minimum absolute atomic E-state index is 0.0223. The lowest BCUT2D eigenvalue weighted by molar-refractivity contribution is -0.143. The van der Waals surface area contributed by atoms with Crippen LogP contribution in [0, 0.1) is 5.92 Å². The fourth-order valence-electron chi connectivity index (χ4n) is 4.44. The van der Waals surface area contributed by atoms with E-state index in [0.29, 0.717) is 13.0 Å². The number of carbonyl (C=O) groups excluding carboxylic acids is 1. The van der Waals surface area contributed by atoms with E-state index in [9.17, 15) is 4.79 Å². The number of carbonyl (C=O) groups is 1. The van der Waals surface area contributed by atoms with Gasteiger partial charge in [-0.15, -0.1) is 0 Å². The van der Waals surface area contributed by atoms with Crippen LogP contribution in [0.1, 0.15) is 175 Å². The molecule has 0 radical (unpaired) electrons. The number of unbranched alkanes of at least 4 members (excludes halogenated alkanes) is 20. The zero-order valence-corrected chi connectivity index (χ0v) is 22.6. The molecule has 0 saturated heterocycles. The van der Waals surface area contributed by atoms with Crippen molar-refractivity contribution in [3.8, 4) is 0 Å². The summed E-state index contributed by atoms with van der Waals surface area (Å²) >= 11 is 0. The van der Waals surface area contributed by atoms with E-state index >= 15 is 0 Å². The second-order valence-electron chi connectivity index (χ2n) is 10.6. The highest BCUT2D eigenvalue weighted by molar-refractivity contribution is 5.69. The van der Waals surface area contributed by atoms with Crippen LogP contribution in [0.4, 0.5) is 0 Å². The van der Waals surface area contributed by atoms with Crippen molar-refractivity contribution < 1.29 is 9.53 Å². The Labute approximate surface area is 203 Å². The SMILES string of the molecule is CCCCCCCCCCCCCCCOC(=O)CCCCCCCCCCCC(C)C. The molecular formula is C30H60O2. The molecule has 0 amide bonds. The molecule has 2 nitrogen and oxygen atoms in total. The third-order valence-corrected chi connectivity index (χ3v) is 6.67. The minimum Gasteiger partial charge on any atom is -0.466 e. The van der Waals surface area contributed by atoms with Crippen LogP contribution in [-0.2, 0) is 9.53 Å². The molecule has 32 heavy (non-hydrogen) atoms. The summed E-state index contributed by atoms with van der Waals surface area (Å²) in [6.45, 7) is 7.54. The third kappa shape index (κ3) is 27.5. The molecule has 0 fully saturated rings. The topological polar surface area (TPSA) is 26.3 Å². The van der Waals surface area contributed by atoms with Gasteiger partial charge in [-0.25, -0.2) is 0 Å². The standard InChI is InChI=1S/C30H60O2/c1-4-5-6-7-8-9-10-11-12-16-19-22-25-28-32-30(31)27-24-21-18-15-13-14-17-20-23-26-29(2)3/h29H,4-28H2,1-3H3. The quantitative estimate of drug-likeness (QED) is 0.0963. The van der Waals surface area contributed by atoms with Crippen LogP contribution >= 0.6 is 0 Å². The van der Waals surface area contributed by atoms with E-state index in [1.165, 1.54) is 135 Å². The maximum atomic E-state index is 11.8. The largest absolute Gasteiger partial charge is 0.466 e. The fourth-order valence-corrected chi connectivity index (χ4v) is 4.44. The Bertz CT molecular complexity index is 364. The highest BCUT2D eigenvalue weighted by Crippen LogP contribution is 2.14. The predicted octanol–water partition coefficient (Wildman–Crippen LogP) is 10.6. The number of ether oxygens (including phenoxy) is 1. The van der Waals surface area contributed by atoms with Gasteiger partial charge in [0.2, 0.25) is 0 Å². The van der Waals surface area contributed by atoms with Crippen LogP contribution in [0.5, 0.6) is 0 Å². The second kappa shape index (κ2) is 26.7. The Morgan fingerprint density at radius 2 is 0.906 bits per heavy atom. The maximum Gasteiger partial charge on any atom is 0.305 e. The van der Waals surface area contributed by atoms with Crippen LogP contribution in [0.25, 0.3) is 0 Å². The van der Waals surface area contributed by atoms with E-state index in [1.807, 2.05) is 0 Å². The lowest BCUT2D eigenvalue weighted by atomic mass is 10.0. The molecular weight excluding hydrogens is 392 g/mol. The summed E-state index contributed by atoms with van der Waals surface area (Å²) in [5, 5.41) is 0. The van der Waals surface area contributed by atoms with Crippen molar-refractivity contribution in [3.05, 3.63) is 0 Å². The van der Waals surface area contributed by atoms with Crippen LogP contribution in [-0.4, -0.2) is 12.6 Å². The summed E-state index contributed by atoms with van der Waals surface area (Å²) in [7, 11) is 0. The van der Waals surface area contributed by atoms with Gasteiger partial charge in [0, 0.05) is 6.42 Å². The van der Waals surface area contributed by atoms with Gasteiger partial charge < -0.3 is 4.74 Å². The number of esters is 1. The van der Waals surface area contributed by atoms with Crippen molar-refractivity contribution in [2.45, 2.75) is 175 Å². The molecule has 0 saturated carbocycles. The van der Waals surface area contributed by atoms with Crippen LogP contribution in [0.3, 0.4) is 0 Å². The van der Waals surface area contributed by atoms with Crippen LogP contribution in [0.2, 0.25) is 0 Å². The van der Waals surface area contributed by atoms with E-state index in [-0.39, 0.29) is 5.97 Å². The first kappa shape index (κ1) is 31.5. The van der Waals surface area contributed by atoms with Gasteiger partial charge >= 0.3 is 5.97 Å². The van der Waals surface area contributed by atoms with Crippen molar-refractivity contribution in [1.82, 2.24) is 0 Å². The Hall–Kier alpha value is -0.530. The molecule has 0 heterocycles. The normalized spacial score (nSPS) is 11.4. The van der Waals surface area contributed by atoms with E-state index in [4.69, 9.17) is 4.74 Å². The first-order chi connectivity index (χ1) is 15.7. The molecule has 0 aromatic heterocycles. The Kier molecular flexibility index (Phi) is 26.3. The summed E-state index contributed by atoms with van der Waals surface area (Å²) in [5.41, 5.74) is 0. The van der Waals surface area contributed by atoms with E-state index in [0.717, 1.165) is 18.8 Å². The first-order valence-corrected chi connectivity index (χ1v) is 14.8. The van der Waals surface area contributed by atoms with E-state index < -0.39 is 0 Å². The van der Waals surface area contributed by atoms with Gasteiger partial charge in [-0.1, -0.05) is 156 Å². The second-order valence-corrected chi connectivity index (χ2v) is 10.6. The highest BCUT2D eigenvalue weighted by atomic mass is 16.5. The zero-order chi connectivity index (χ0) is 23.5. The summed E-state index contributed by atoms with van der Waals surface area (Å²) in [5.74, 6) is 0.880. The monoisotopic (exact) mass is 452 g/mol. The molecule has 0 rings (SSSR count). The smallest absolute Gasteiger partial charge is 0.305 e. The molecule has 0 N–H and O–H groups in total. The summed E-state index contributed by atoms with van der Waals surface area (Å²) < 4.78 is 5.40. The lowest BCUT2D eigenvalue weighted by Crippen LogP contribution is -2.05. The fraction of sp³-hybridized carbons (Fsp3) is 0.967. The van der Waals surface area contributed by atoms with Gasteiger partial charge in [0.1, 0.15) is 0 Å². The van der Waals surface area contributed by atoms with Gasteiger partial charge in [-0.2, -0.15) is 0 Å². The Morgan fingerprint density at radius 3 is 1.34 bits per heavy atom. The van der Waals surface area contributed by atoms with Crippen LogP contribution in [0.15, 0.2) is 0 Å². The molecule has 0 bridgehead atoms. The molecule has 0 aromatic carbocycles. The molecule has 0 aliphatic rings. The van der Waals surface area contributed by atoms with Crippen molar-refractivity contribution >= 4 is 5.97 Å². The number of rotatable bonds is 26. The van der Waals surface area contributed by atoms with Crippen molar-refractivity contribution in [1.29, 1.82) is 0 Å². The Morgan fingerprint density at radius 1 is 0.531 bits per heavy atom. The molecule has 0 aliphatic carbocycles. The van der Waals surface area contributed by atoms with Gasteiger partial charge in [0.05, 0.1) is 6.61 Å². The molecule has 0 atom stereocenters. The van der Waals surface area contributed by atoms with E-state index in [1.54, 1.807) is 0 Å². The van der Waals surface area contributed by atoms with E-state index in [2.05, 4.69) is 20.8 Å². The Balaban J connectivity index is 3.15. The van der Waals surface area contributed by atoms with Crippen molar-refractivity contribution in [2.24, 2.45) is 5.92 Å². The average molecular weight is 453 g/mol. The lowest BCUT2D eigenvalue weighted by Gasteiger charge is -2.06. The first-order valence-electron chi connectivity index (χ1n) is 14.8. The molecule has 0 aliphatic heterocycles. The van der Waals surface area contributed by atoms with Crippen molar-refractivity contribution in [2.75, 3.05) is 6.61 Å². The van der Waals surface area contributed by atoms with Gasteiger partial charge in [-0.05, 0) is 18.8 Å². The van der Waals surface area contributed by atoms with Gasteiger partial charge in [-0.3, -0.25) is 4.79 Å². The van der Waals surface area contributed by atoms with Gasteiger partial charge in [0.25, 0.3) is 0 Å². The summed E-state index contributed by atoms with van der Waals surface area (Å²) in [6, 6.07) is 0. The highest BCUT2D eigenvalue weighted by Gasteiger charge is 2.02. The van der Waals surface area contributed by atoms with Gasteiger partial charge in [0.15, 0.2) is 0 Å². The summed E-state index contributed by atoms with van der Waals surface area (Å²) in [6.07, 6.45) is 31.4.